The minimum absolute atomic E-state index is 0.374. The van der Waals surface area contributed by atoms with Gasteiger partial charge in [-0.1, -0.05) is 0 Å². The zero-order valence-electron chi connectivity index (χ0n) is 12.5. The molecule has 1 aliphatic heterocycles. The second kappa shape index (κ2) is 8.00. The molecule has 0 fully saturated rings. The molecule has 0 unspecified atom stereocenters. The molecule has 0 radical (unpaired) electrons. The smallest absolute Gasteiger partial charge is 0.335 e. The highest BCUT2D eigenvalue weighted by atomic mass is 16.5. The summed E-state index contributed by atoms with van der Waals surface area (Å²) in [6.07, 6.45) is 2.99. The Balaban J connectivity index is 1.88. The number of carboxylic acids is 1. The normalized spacial score (nSPS) is 14.0. The number of ether oxygens (including phenoxy) is 2. The molecular formula is C16H23NO4. The average Bonchev–Trinajstić information content (AvgIpc) is 2.50. The van der Waals surface area contributed by atoms with Gasteiger partial charge in [0.15, 0.2) is 0 Å². The van der Waals surface area contributed by atoms with Gasteiger partial charge in [-0.25, -0.2) is 4.79 Å². The highest BCUT2D eigenvalue weighted by Crippen LogP contribution is 2.28. The highest BCUT2D eigenvalue weighted by molar-refractivity contribution is 5.88. The zero-order chi connectivity index (χ0) is 15.1. The number of nitrogens with zero attached hydrogens (tertiary/aromatic N) is 1. The Hall–Kier alpha value is -1.59. The van der Waals surface area contributed by atoms with Crippen molar-refractivity contribution < 1.29 is 19.4 Å². The molecule has 0 bridgehead atoms. The van der Waals surface area contributed by atoms with Gasteiger partial charge in [0, 0.05) is 32.5 Å². The molecule has 1 aliphatic rings. The van der Waals surface area contributed by atoms with Crippen molar-refractivity contribution in [3.05, 3.63) is 29.3 Å². The summed E-state index contributed by atoms with van der Waals surface area (Å²) in [6.45, 7) is 3.95. The van der Waals surface area contributed by atoms with Gasteiger partial charge in [-0.15, -0.1) is 0 Å². The summed E-state index contributed by atoms with van der Waals surface area (Å²) in [5, 5.41) is 9.06. The van der Waals surface area contributed by atoms with E-state index in [-0.39, 0.29) is 0 Å². The van der Waals surface area contributed by atoms with E-state index in [1.807, 2.05) is 6.07 Å². The van der Waals surface area contributed by atoms with Crippen LogP contribution in [0.25, 0.3) is 0 Å². The van der Waals surface area contributed by atoms with Crippen molar-refractivity contribution in [2.24, 2.45) is 0 Å². The molecule has 1 N–H and O–H groups in total. The molecule has 0 saturated heterocycles. The maximum Gasteiger partial charge on any atom is 0.335 e. The van der Waals surface area contributed by atoms with Crippen LogP contribution >= 0.6 is 0 Å². The van der Waals surface area contributed by atoms with Crippen molar-refractivity contribution in [3.8, 4) is 0 Å². The Kier molecular flexibility index (Phi) is 6.02. The van der Waals surface area contributed by atoms with Gasteiger partial charge in [0.05, 0.1) is 18.8 Å². The van der Waals surface area contributed by atoms with Crippen LogP contribution in [0.3, 0.4) is 0 Å². The van der Waals surface area contributed by atoms with E-state index in [0.717, 1.165) is 44.5 Å². The quantitative estimate of drug-likeness (QED) is 0.745. The largest absolute Gasteiger partial charge is 0.478 e. The minimum Gasteiger partial charge on any atom is -0.478 e. The molecule has 5 nitrogen and oxygen atoms in total. The maximum atomic E-state index is 11.0. The van der Waals surface area contributed by atoms with E-state index >= 15 is 0 Å². The van der Waals surface area contributed by atoms with Crippen LogP contribution in [0.2, 0.25) is 0 Å². The van der Waals surface area contributed by atoms with E-state index < -0.39 is 5.97 Å². The van der Waals surface area contributed by atoms with Gasteiger partial charge in [0.2, 0.25) is 0 Å². The van der Waals surface area contributed by atoms with E-state index in [2.05, 4.69) is 4.90 Å². The van der Waals surface area contributed by atoms with Gasteiger partial charge < -0.3 is 19.5 Å². The lowest BCUT2D eigenvalue weighted by atomic mass is 9.99. The highest BCUT2D eigenvalue weighted by Gasteiger charge is 2.17. The van der Waals surface area contributed by atoms with Crippen molar-refractivity contribution in [2.45, 2.75) is 19.3 Å². The molecule has 0 aliphatic carbocycles. The van der Waals surface area contributed by atoms with Crippen molar-refractivity contribution in [2.75, 3.05) is 44.9 Å². The first-order chi connectivity index (χ1) is 10.2. The number of aromatic carboxylic acids is 1. The number of hydrogen-bond donors (Lipinski definition) is 1. The molecule has 1 heterocycles. The van der Waals surface area contributed by atoms with E-state index in [0.29, 0.717) is 18.8 Å². The molecule has 116 valence electrons. The topological polar surface area (TPSA) is 59.0 Å². The van der Waals surface area contributed by atoms with Crippen molar-refractivity contribution in [3.63, 3.8) is 0 Å². The predicted octanol–water partition coefficient (Wildman–Crippen LogP) is 2.19. The van der Waals surface area contributed by atoms with Gasteiger partial charge in [-0.2, -0.15) is 0 Å². The Morgan fingerprint density at radius 3 is 2.95 bits per heavy atom. The molecule has 21 heavy (non-hydrogen) atoms. The van der Waals surface area contributed by atoms with E-state index in [1.165, 1.54) is 5.69 Å². The average molecular weight is 293 g/mol. The number of rotatable bonds is 8. The van der Waals surface area contributed by atoms with Gasteiger partial charge in [-0.3, -0.25) is 0 Å². The van der Waals surface area contributed by atoms with Crippen LogP contribution in [0, 0.1) is 0 Å². The molecule has 0 saturated carbocycles. The fourth-order valence-corrected chi connectivity index (χ4v) is 2.64. The Morgan fingerprint density at radius 2 is 2.19 bits per heavy atom. The summed E-state index contributed by atoms with van der Waals surface area (Å²) in [5.74, 6) is -0.860. The van der Waals surface area contributed by atoms with Crippen LogP contribution in [-0.2, 0) is 15.9 Å². The third kappa shape index (κ3) is 4.44. The van der Waals surface area contributed by atoms with Crippen molar-refractivity contribution in [1.82, 2.24) is 0 Å². The third-order valence-corrected chi connectivity index (χ3v) is 3.69. The molecule has 1 aromatic rings. The van der Waals surface area contributed by atoms with E-state index in [9.17, 15) is 4.79 Å². The van der Waals surface area contributed by atoms with Crippen LogP contribution in [0.15, 0.2) is 18.2 Å². The molecule has 0 aromatic heterocycles. The summed E-state index contributed by atoms with van der Waals surface area (Å²) >= 11 is 0. The minimum atomic E-state index is -0.860. The number of benzene rings is 1. The van der Waals surface area contributed by atoms with Crippen LogP contribution < -0.4 is 4.90 Å². The predicted molar refractivity (Wildman–Crippen MR) is 81.2 cm³/mol. The summed E-state index contributed by atoms with van der Waals surface area (Å²) < 4.78 is 10.4. The standard InChI is InChI=1S/C16H23NO4/c1-20-10-11-21-9-3-8-17-7-2-4-13-12-14(16(18)19)5-6-15(13)17/h5-6,12H,2-4,7-11H2,1H3,(H,18,19). The lowest BCUT2D eigenvalue weighted by Gasteiger charge is -2.31. The molecule has 1 aromatic carbocycles. The number of methoxy groups -OCH3 is 1. The number of carboxylic acid groups (broad SMARTS) is 1. The SMILES string of the molecule is COCCOCCCN1CCCc2cc(C(=O)O)ccc21. The fraction of sp³-hybridized carbons (Fsp3) is 0.562. The molecule has 0 amide bonds. The first-order valence-electron chi connectivity index (χ1n) is 7.40. The van der Waals surface area contributed by atoms with Crippen LogP contribution in [-0.4, -0.2) is 51.1 Å². The lowest BCUT2D eigenvalue weighted by molar-refractivity contribution is 0.0697. The Labute approximate surface area is 125 Å². The van der Waals surface area contributed by atoms with Crippen molar-refractivity contribution >= 4 is 11.7 Å². The molecule has 2 rings (SSSR count). The number of anilines is 1. The van der Waals surface area contributed by atoms with Gasteiger partial charge in [0.1, 0.15) is 0 Å². The Morgan fingerprint density at radius 1 is 1.33 bits per heavy atom. The number of aryl methyl sites for hydroxylation is 1. The molecule has 5 heteroatoms. The zero-order valence-corrected chi connectivity index (χ0v) is 12.5. The van der Waals surface area contributed by atoms with E-state index in [1.54, 1.807) is 19.2 Å². The summed E-state index contributed by atoms with van der Waals surface area (Å²) in [6, 6.07) is 5.43. The Bertz CT molecular complexity index is 475. The van der Waals surface area contributed by atoms with Gasteiger partial charge in [-0.05, 0) is 43.0 Å². The molecule has 0 atom stereocenters. The van der Waals surface area contributed by atoms with Gasteiger partial charge >= 0.3 is 5.97 Å². The van der Waals surface area contributed by atoms with Crippen LogP contribution in [0.1, 0.15) is 28.8 Å². The van der Waals surface area contributed by atoms with Crippen LogP contribution in [0.5, 0.6) is 0 Å². The lowest BCUT2D eigenvalue weighted by Crippen LogP contribution is -2.31. The number of hydrogen-bond acceptors (Lipinski definition) is 4. The molecule has 0 spiro atoms. The first-order valence-corrected chi connectivity index (χ1v) is 7.40. The summed E-state index contributed by atoms with van der Waals surface area (Å²) in [7, 11) is 1.67. The van der Waals surface area contributed by atoms with Crippen LogP contribution in [0.4, 0.5) is 5.69 Å². The second-order valence-corrected chi connectivity index (χ2v) is 5.20. The number of carbonyl (C=O) groups is 1. The third-order valence-electron chi connectivity index (χ3n) is 3.69. The summed E-state index contributed by atoms with van der Waals surface area (Å²) in [4.78, 5) is 13.3. The van der Waals surface area contributed by atoms with Crippen molar-refractivity contribution in [1.29, 1.82) is 0 Å². The molecular weight excluding hydrogens is 270 g/mol. The maximum absolute atomic E-state index is 11.0. The number of fused-ring (bicyclic) bond motifs is 1. The second-order valence-electron chi connectivity index (χ2n) is 5.20. The van der Waals surface area contributed by atoms with Gasteiger partial charge in [0.25, 0.3) is 0 Å². The fourth-order valence-electron chi connectivity index (χ4n) is 2.64. The summed E-state index contributed by atoms with van der Waals surface area (Å²) in [5.41, 5.74) is 2.68. The van der Waals surface area contributed by atoms with E-state index in [4.69, 9.17) is 14.6 Å². The monoisotopic (exact) mass is 293 g/mol. The first kappa shape index (κ1) is 15.8.